The topological polar surface area (TPSA) is 112 Å². The number of anilines is 4. The van der Waals surface area contributed by atoms with Gasteiger partial charge in [0.05, 0.1) is 22.5 Å². The maximum absolute atomic E-state index is 13.0. The second-order valence-corrected chi connectivity index (χ2v) is 9.83. The van der Waals surface area contributed by atoms with Crippen LogP contribution in [0.15, 0.2) is 109 Å². The summed E-state index contributed by atoms with van der Waals surface area (Å²) in [7, 11) is 0. The van der Waals surface area contributed by atoms with Crippen LogP contribution in [0.1, 0.15) is 11.1 Å². The van der Waals surface area contributed by atoms with Gasteiger partial charge in [-0.25, -0.2) is 9.97 Å². The van der Waals surface area contributed by atoms with Crippen LogP contribution in [0.3, 0.4) is 0 Å². The Morgan fingerprint density at radius 3 is 2.23 bits per heavy atom. The first-order valence-corrected chi connectivity index (χ1v) is 13.3. The van der Waals surface area contributed by atoms with E-state index in [-0.39, 0.29) is 5.95 Å². The summed E-state index contributed by atoms with van der Waals surface area (Å²) in [4.78, 5) is 13.3. The van der Waals surface area contributed by atoms with Gasteiger partial charge < -0.3 is 21.5 Å². The minimum atomic E-state index is -4.41. The molecule has 4 aromatic carbocycles. The number of nitrogens with one attached hydrogen (secondary N) is 1. The molecule has 2 heterocycles. The predicted octanol–water partition coefficient (Wildman–Crippen LogP) is 7.86. The first kappa shape index (κ1) is 27.5. The van der Waals surface area contributed by atoms with Crippen molar-refractivity contribution >= 4 is 34.0 Å². The zero-order valence-corrected chi connectivity index (χ0v) is 22.6. The van der Waals surface area contributed by atoms with Gasteiger partial charge in [-0.15, -0.1) is 0 Å². The molecule has 0 bridgehead atoms. The molecule has 6 rings (SSSR count). The molecule has 0 saturated carbocycles. The summed E-state index contributed by atoms with van der Waals surface area (Å²) in [6.45, 7) is 0.439. The Bertz CT molecular complexity index is 1910. The van der Waals surface area contributed by atoms with E-state index in [2.05, 4.69) is 20.3 Å². The predicted molar refractivity (Wildman–Crippen MR) is 163 cm³/mol. The molecular formula is C33H25F3N6O. The van der Waals surface area contributed by atoms with Gasteiger partial charge in [0.2, 0.25) is 5.95 Å². The Hall–Kier alpha value is -5.64. The van der Waals surface area contributed by atoms with Gasteiger partial charge in [-0.3, -0.25) is 0 Å². The van der Waals surface area contributed by atoms with Crippen LogP contribution in [0.5, 0.6) is 5.75 Å². The molecule has 5 N–H and O–H groups in total. The van der Waals surface area contributed by atoms with Crippen molar-refractivity contribution in [3.8, 4) is 28.3 Å². The number of rotatable bonds is 7. The van der Waals surface area contributed by atoms with E-state index in [0.717, 1.165) is 23.3 Å². The quantitative estimate of drug-likeness (QED) is 0.177. The summed E-state index contributed by atoms with van der Waals surface area (Å²) in [5, 5.41) is 3.92. The van der Waals surface area contributed by atoms with Crippen molar-refractivity contribution in [1.29, 1.82) is 0 Å². The standard InChI is InChI=1S/C33H25F3N6O/c34-33(35,36)23-11-9-21(10-12-23)29-17-27(37)26-16-24(13-14-28(26)40-29)39-31-18-30(41-32(38)42-31)22-7-4-8-25(15-22)43-19-20-5-2-1-3-6-20/h1-18H,19H2,(H2,37,40)(H3,38,39,41,42). The molecule has 214 valence electrons. The zero-order valence-electron chi connectivity index (χ0n) is 22.6. The van der Waals surface area contributed by atoms with Crippen molar-refractivity contribution in [2.75, 3.05) is 16.8 Å². The molecular weight excluding hydrogens is 553 g/mol. The lowest BCUT2D eigenvalue weighted by Gasteiger charge is -2.12. The lowest BCUT2D eigenvalue weighted by Crippen LogP contribution is -2.04. The number of aromatic nitrogens is 3. The molecule has 6 aromatic rings. The van der Waals surface area contributed by atoms with E-state index in [1.165, 1.54) is 12.1 Å². The highest BCUT2D eigenvalue weighted by Crippen LogP contribution is 2.33. The first-order chi connectivity index (χ1) is 20.7. The molecule has 0 saturated heterocycles. The summed E-state index contributed by atoms with van der Waals surface area (Å²) in [6, 6.07) is 31.1. The van der Waals surface area contributed by atoms with Crippen molar-refractivity contribution in [3.63, 3.8) is 0 Å². The molecule has 0 aliphatic carbocycles. The molecule has 0 unspecified atom stereocenters. The summed E-state index contributed by atoms with van der Waals surface area (Å²) in [5.41, 5.74) is 16.9. The van der Waals surface area contributed by atoms with Crippen molar-refractivity contribution in [1.82, 2.24) is 15.0 Å². The van der Waals surface area contributed by atoms with Gasteiger partial charge in [-0.1, -0.05) is 54.6 Å². The van der Waals surface area contributed by atoms with Gasteiger partial charge >= 0.3 is 6.18 Å². The third kappa shape index (κ3) is 6.33. The van der Waals surface area contributed by atoms with Crippen molar-refractivity contribution in [2.24, 2.45) is 0 Å². The summed E-state index contributed by atoms with van der Waals surface area (Å²) >= 11 is 0. The number of fused-ring (bicyclic) bond motifs is 1. The molecule has 0 fully saturated rings. The van der Waals surface area contributed by atoms with E-state index in [9.17, 15) is 13.2 Å². The smallest absolute Gasteiger partial charge is 0.416 e. The third-order valence-electron chi connectivity index (χ3n) is 6.74. The molecule has 0 radical (unpaired) electrons. The summed E-state index contributed by atoms with van der Waals surface area (Å²) in [5.74, 6) is 1.27. The van der Waals surface area contributed by atoms with Crippen LogP contribution in [-0.4, -0.2) is 15.0 Å². The molecule has 0 aliphatic heterocycles. The molecule has 0 amide bonds. The van der Waals surface area contributed by atoms with Crippen LogP contribution >= 0.6 is 0 Å². The van der Waals surface area contributed by atoms with Crippen LogP contribution in [0.4, 0.5) is 36.3 Å². The molecule has 7 nitrogen and oxygen atoms in total. The average molecular weight is 579 g/mol. The number of nitrogens with two attached hydrogens (primary N) is 2. The van der Waals surface area contributed by atoms with Crippen LogP contribution in [-0.2, 0) is 12.8 Å². The normalized spacial score (nSPS) is 11.4. The van der Waals surface area contributed by atoms with Gasteiger partial charge in [-0.05, 0) is 54.1 Å². The second-order valence-electron chi connectivity index (χ2n) is 9.83. The SMILES string of the molecule is Nc1nc(Nc2ccc3nc(-c4ccc(C(F)(F)F)cc4)cc(N)c3c2)cc(-c2cccc(OCc3ccccc3)c2)n1. The average Bonchev–Trinajstić information content (AvgIpc) is 3.00. The number of pyridine rings is 1. The van der Waals surface area contributed by atoms with Crippen molar-refractivity contribution < 1.29 is 17.9 Å². The van der Waals surface area contributed by atoms with Gasteiger partial charge in [0, 0.05) is 34.0 Å². The first-order valence-electron chi connectivity index (χ1n) is 13.3. The van der Waals surface area contributed by atoms with Crippen LogP contribution in [0, 0.1) is 0 Å². The number of nitrogens with zero attached hydrogens (tertiary/aromatic N) is 3. The lowest BCUT2D eigenvalue weighted by atomic mass is 10.1. The minimum Gasteiger partial charge on any atom is -0.489 e. The number of benzene rings is 4. The third-order valence-corrected chi connectivity index (χ3v) is 6.74. The van der Waals surface area contributed by atoms with E-state index in [0.29, 0.717) is 57.4 Å². The number of hydrogen-bond donors (Lipinski definition) is 3. The summed E-state index contributed by atoms with van der Waals surface area (Å²) in [6.07, 6.45) is -4.41. The Labute approximate surface area is 245 Å². The number of alkyl halides is 3. The van der Waals surface area contributed by atoms with Crippen molar-refractivity contribution in [2.45, 2.75) is 12.8 Å². The second kappa shape index (κ2) is 11.3. The highest BCUT2D eigenvalue weighted by molar-refractivity contribution is 5.95. The molecule has 0 atom stereocenters. The molecule has 10 heteroatoms. The Balaban J connectivity index is 1.22. The molecule has 0 aliphatic rings. The Morgan fingerprint density at radius 1 is 0.698 bits per heavy atom. The maximum atomic E-state index is 13.0. The number of ether oxygens (including phenoxy) is 1. The van der Waals surface area contributed by atoms with Crippen LogP contribution in [0.2, 0.25) is 0 Å². The fourth-order valence-electron chi connectivity index (χ4n) is 4.62. The van der Waals surface area contributed by atoms with Crippen LogP contribution < -0.4 is 21.5 Å². The van der Waals surface area contributed by atoms with Gasteiger partial charge in [0.1, 0.15) is 18.2 Å². The molecule has 43 heavy (non-hydrogen) atoms. The Morgan fingerprint density at radius 2 is 1.47 bits per heavy atom. The lowest BCUT2D eigenvalue weighted by molar-refractivity contribution is -0.137. The highest BCUT2D eigenvalue weighted by Gasteiger charge is 2.30. The highest BCUT2D eigenvalue weighted by atomic mass is 19.4. The van der Waals surface area contributed by atoms with E-state index in [1.807, 2.05) is 60.7 Å². The minimum absolute atomic E-state index is 0.0961. The number of nitrogen functional groups attached to an aromatic ring is 2. The fraction of sp³-hybridized carbons (Fsp3) is 0.0606. The maximum Gasteiger partial charge on any atom is 0.416 e. The van der Waals surface area contributed by atoms with Gasteiger partial charge in [-0.2, -0.15) is 18.2 Å². The van der Waals surface area contributed by atoms with E-state index in [4.69, 9.17) is 16.2 Å². The van der Waals surface area contributed by atoms with Crippen LogP contribution in [0.25, 0.3) is 33.4 Å². The number of halogens is 3. The van der Waals surface area contributed by atoms with Gasteiger partial charge in [0.15, 0.2) is 0 Å². The van der Waals surface area contributed by atoms with E-state index < -0.39 is 11.7 Å². The molecule has 2 aromatic heterocycles. The fourth-order valence-corrected chi connectivity index (χ4v) is 4.62. The molecule has 0 spiro atoms. The zero-order chi connectivity index (χ0) is 30.0. The number of hydrogen-bond acceptors (Lipinski definition) is 7. The monoisotopic (exact) mass is 578 g/mol. The van der Waals surface area contributed by atoms with E-state index in [1.54, 1.807) is 24.3 Å². The van der Waals surface area contributed by atoms with E-state index >= 15 is 0 Å². The van der Waals surface area contributed by atoms with Crippen molar-refractivity contribution in [3.05, 3.63) is 120 Å². The summed E-state index contributed by atoms with van der Waals surface area (Å²) < 4.78 is 44.8. The Kier molecular flexibility index (Phi) is 7.25. The van der Waals surface area contributed by atoms with Gasteiger partial charge in [0.25, 0.3) is 0 Å². The largest absolute Gasteiger partial charge is 0.489 e.